The third-order valence-electron chi connectivity index (χ3n) is 1.73. The maximum absolute atomic E-state index is 11.4. The van der Waals surface area contributed by atoms with Crippen molar-refractivity contribution in [2.24, 2.45) is 0 Å². The molecule has 0 saturated carbocycles. The van der Waals surface area contributed by atoms with Crippen molar-refractivity contribution in [3.05, 3.63) is 12.2 Å². The Balaban J connectivity index is 4.33. The number of unbranched alkanes of at least 4 members (excludes halogenated alkanes) is 1. The SMILES string of the molecule is C=C(C)C(=O)NC(OCCCC)C(Cl)(Cl)Cl. The summed E-state index contributed by atoms with van der Waals surface area (Å²) in [7, 11) is 0. The Morgan fingerprint density at radius 1 is 1.50 bits per heavy atom. The molecule has 0 aliphatic heterocycles. The lowest BCUT2D eigenvalue weighted by Crippen LogP contribution is -2.46. The van der Waals surface area contributed by atoms with Crippen molar-refractivity contribution in [3.63, 3.8) is 0 Å². The Labute approximate surface area is 111 Å². The van der Waals surface area contributed by atoms with E-state index in [1.807, 2.05) is 6.92 Å². The topological polar surface area (TPSA) is 38.3 Å². The molecule has 0 aromatic heterocycles. The molecule has 16 heavy (non-hydrogen) atoms. The van der Waals surface area contributed by atoms with Gasteiger partial charge in [0.25, 0.3) is 0 Å². The number of amides is 1. The molecule has 3 nitrogen and oxygen atoms in total. The first-order valence-electron chi connectivity index (χ1n) is 4.93. The number of hydrogen-bond donors (Lipinski definition) is 1. The van der Waals surface area contributed by atoms with Crippen LogP contribution >= 0.6 is 34.8 Å². The average Bonchev–Trinajstić information content (AvgIpc) is 2.14. The molecule has 1 amide bonds. The van der Waals surface area contributed by atoms with Gasteiger partial charge in [-0.15, -0.1) is 0 Å². The Bertz CT molecular complexity index is 251. The van der Waals surface area contributed by atoms with E-state index in [9.17, 15) is 4.79 Å². The third-order valence-corrected chi connectivity index (χ3v) is 2.32. The van der Waals surface area contributed by atoms with Crippen LogP contribution in [-0.2, 0) is 9.53 Å². The van der Waals surface area contributed by atoms with Gasteiger partial charge in [0.1, 0.15) is 0 Å². The van der Waals surface area contributed by atoms with E-state index in [2.05, 4.69) is 11.9 Å². The van der Waals surface area contributed by atoms with Gasteiger partial charge in [0.05, 0.1) is 0 Å². The molecule has 1 atom stereocenters. The van der Waals surface area contributed by atoms with Crippen molar-refractivity contribution < 1.29 is 9.53 Å². The van der Waals surface area contributed by atoms with Gasteiger partial charge in [-0.05, 0) is 13.3 Å². The number of carbonyl (C=O) groups is 1. The fraction of sp³-hybridized carbons (Fsp3) is 0.700. The molecule has 0 aromatic rings. The number of halogens is 3. The molecular weight excluding hydrogens is 272 g/mol. The van der Waals surface area contributed by atoms with Crippen molar-refractivity contribution in [2.45, 2.75) is 36.7 Å². The van der Waals surface area contributed by atoms with E-state index in [-0.39, 0.29) is 0 Å². The summed E-state index contributed by atoms with van der Waals surface area (Å²) < 4.78 is 3.60. The number of alkyl halides is 3. The summed E-state index contributed by atoms with van der Waals surface area (Å²) in [6.45, 7) is 7.49. The largest absolute Gasteiger partial charge is 0.354 e. The minimum atomic E-state index is -1.70. The number of nitrogens with one attached hydrogen (secondary N) is 1. The molecule has 1 unspecified atom stereocenters. The molecule has 0 aliphatic rings. The van der Waals surface area contributed by atoms with Gasteiger partial charge in [-0.2, -0.15) is 0 Å². The Morgan fingerprint density at radius 3 is 2.44 bits per heavy atom. The smallest absolute Gasteiger partial charge is 0.248 e. The second-order valence-corrected chi connectivity index (χ2v) is 5.77. The van der Waals surface area contributed by atoms with Crippen LogP contribution in [0.25, 0.3) is 0 Å². The van der Waals surface area contributed by atoms with Gasteiger partial charge in [0.15, 0.2) is 6.23 Å². The average molecular weight is 289 g/mol. The predicted octanol–water partition coefficient (Wildman–Crippen LogP) is 3.19. The van der Waals surface area contributed by atoms with Crippen LogP contribution in [0.2, 0.25) is 0 Å². The maximum atomic E-state index is 11.4. The van der Waals surface area contributed by atoms with E-state index in [0.717, 1.165) is 12.8 Å². The van der Waals surface area contributed by atoms with Crippen molar-refractivity contribution in [1.29, 1.82) is 0 Å². The zero-order valence-corrected chi connectivity index (χ0v) is 11.6. The standard InChI is InChI=1S/C10H16Cl3NO2/c1-4-5-6-16-9(10(11,12)13)14-8(15)7(2)3/h9H,2,4-6H2,1,3H3,(H,14,15). The van der Waals surface area contributed by atoms with E-state index in [0.29, 0.717) is 12.2 Å². The molecule has 6 heteroatoms. The van der Waals surface area contributed by atoms with Crippen LogP contribution in [0.4, 0.5) is 0 Å². The summed E-state index contributed by atoms with van der Waals surface area (Å²) in [5.74, 6) is -0.396. The second kappa shape index (κ2) is 7.38. The van der Waals surface area contributed by atoms with Gasteiger partial charge in [0.2, 0.25) is 9.70 Å². The van der Waals surface area contributed by atoms with E-state index in [4.69, 9.17) is 39.5 Å². The molecule has 0 bridgehead atoms. The van der Waals surface area contributed by atoms with Gasteiger partial charge in [-0.3, -0.25) is 4.79 Å². The van der Waals surface area contributed by atoms with E-state index < -0.39 is 15.9 Å². The minimum absolute atomic E-state index is 0.332. The summed E-state index contributed by atoms with van der Waals surface area (Å²) in [4.78, 5) is 11.4. The molecule has 0 heterocycles. The second-order valence-electron chi connectivity index (χ2n) is 3.40. The lowest BCUT2D eigenvalue weighted by Gasteiger charge is -2.25. The quantitative estimate of drug-likeness (QED) is 0.353. The molecule has 0 rings (SSSR count). The highest BCUT2D eigenvalue weighted by Gasteiger charge is 2.34. The number of hydrogen-bond acceptors (Lipinski definition) is 2. The molecule has 94 valence electrons. The highest BCUT2D eigenvalue weighted by atomic mass is 35.6. The Morgan fingerprint density at radius 2 is 2.06 bits per heavy atom. The van der Waals surface area contributed by atoms with Gasteiger partial charge in [-0.25, -0.2) is 0 Å². The van der Waals surface area contributed by atoms with Crippen molar-refractivity contribution >= 4 is 40.7 Å². The van der Waals surface area contributed by atoms with Crippen LogP contribution < -0.4 is 5.32 Å². The summed E-state index contributed by atoms with van der Waals surface area (Å²) in [5.41, 5.74) is 0.332. The third kappa shape index (κ3) is 6.59. The van der Waals surface area contributed by atoms with Gasteiger partial charge in [0, 0.05) is 12.2 Å². The molecule has 0 radical (unpaired) electrons. The first kappa shape index (κ1) is 16.0. The normalized spacial score (nSPS) is 13.3. The Kier molecular flexibility index (Phi) is 7.40. The molecule has 0 spiro atoms. The van der Waals surface area contributed by atoms with Crippen molar-refractivity contribution in [2.75, 3.05) is 6.61 Å². The van der Waals surface area contributed by atoms with E-state index >= 15 is 0 Å². The van der Waals surface area contributed by atoms with Crippen LogP contribution in [0.3, 0.4) is 0 Å². The lowest BCUT2D eigenvalue weighted by molar-refractivity contribution is -0.121. The lowest BCUT2D eigenvalue weighted by atomic mass is 10.3. The monoisotopic (exact) mass is 287 g/mol. The summed E-state index contributed by atoms with van der Waals surface area (Å²) in [6.07, 6.45) is 0.828. The summed E-state index contributed by atoms with van der Waals surface area (Å²) >= 11 is 17.1. The van der Waals surface area contributed by atoms with Crippen molar-refractivity contribution in [3.8, 4) is 0 Å². The van der Waals surface area contributed by atoms with Gasteiger partial charge >= 0.3 is 0 Å². The number of ether oxygens (including phenoxy) is 1. The number of rotatable bonds is 6. The number of carbonyl (C=O) groups excluding carboxylic acids is 1. The Hall–Kier alpha value is 0.0400. The minimum Gasteiger partial charge on any atom is -0.354 e. The molecule has 1 N–H and O–H groups in total. The van der Waals surface area contributed by atoms with Crippen LogP contribution in [0.1, 0.15) is 26.7 Å². The molecule has 0 aromatic carbocycles. The zero-order chi connectivity index (χ0) is 12.8. The molecule has 0 aliphatic carbocycles. The predicted molar refractivity (Wildman–Crippen MR) is 67.9 cm³/mol. The first-order chi connectivity index (χ1) is 7.29. The summed E-state index contributed by atoms with van der Waals surface area (Å²) in [5, 5.41) is 2.46. The highest BCUT2D eigenvalue weighted by molar-refractivity contribution is 6.68. The highest BCUT2D eigenvalue weighted by Crippen LogP contribution is 2.31. The molecular formula is C10H16Cl3NO2. The van der Waals surface area contributed by atoms with Gasteiger partial charge in [-0.1, -0.05) is 54.7 Å². The van der Waals surface area contributed by atoms with Crippen LogP contribution in [0.5, 0.6) is 0 Å². The fourth-order valence-electron chi connectivity index (χ4n) is 0.806. The zero-order valence-electron chi connectivity index (χ0n) is 9.36. The molecule has 0 fully saturated rings. The maximum Gasteiger partial charge on any atom is 0.248 e. The van der Waals surface area contributed by atoms with Gasteiger partial charge < -0.3 is 10.1 Å². The first-order valence-corrected chi connectivity index (χ1v) is 6.07. The molecule has 0 saturated heterocycles. The summed E-state index contributed by atoms with van der Waals surface area (Å²) in [6, 6.07) is 0. The van der Waals surface area contributed by atoms with E-state index in [1.54, 1.807) is 6.92 Å². The van der Waals surface area contributed by atoms with Crippen LogP contribution in [0.15, 0.2) is 12.2 Å². The van der Waals surface area contributed by atoms with Crippen LogP contribution in [-0.4, -0.2) is 22.5 Å². The van der Waals surface area contributed by atoms with Crippen molar-refractivity contribution in [1.82, 2.24) is 5.32 Å². The van der Waals surface area contributed by atoms with Crippen LogP contribution in [0, 0.1) is 0 Å². The fourth-order valence-corrected chi connectivity index (χ4v) is 1.16. The van der Waals surface area contributed by atoms with E-state index in [1.165, 1.54) is 0 Å².